The predicted octanol–water partition coefficient (Wildman–Crippen LogP) is 3.10. The average molecular weight is 339 g/mol. The topological polar surface area (TPSA) is 116 Å². The first-order chi connectivity index (χ1) is 10.9. The molecule has 0 fully saturated rings. The van der Waals surface area contributed by atoms with Crippen molar-refractivity contribution in [1.29, 1.82) is 0 Å². The van der Waals surface area contributed by atoms with Crippen LogP contribution >= 0.6 is 0 Å². The zero-order valence-corrected chi connectivity index (χ0v) is 14.5. The van der Waals surface area contributed by atoms with E-state index in [0.29, 0.717) is 0 Å². The summed E-state index contributed by atoms with van der Waals surface area (Å²) in [6.45, 7) is 7.87. The van der Waals surface area contributed by atoms with Crippen LogP contribution in [-0.4, -0.2) is 35.0 Å². The van der Waals surface area contributed by atoms with Crippen LogP contribution in [0.2, 0.25) is 0 Å². The van der Waals surface area contributed by atoms with E-state index in [1.54, 1.807) is 34.6 Å². The van der Waals surface area contributed by atoms with Gasteiger partial charge in [0.15, 0.2) is 11.5 Å². The zero-order chi connectivity index (χ0) is 18.8. The minimum Gasteiger partial charge on any atom is -0.499 e. The summed E-state index contributed by atoms with van der Waals surface area (Å²) in [6, 6.07) is 1.08. The van der Waals surface area contributed by atoms with E-state index in [4.69, 9.17) is 9.47 Å². The molecule has 0 saturated carbocycles. The summed E-state index contributed by atoms with van der Waals surface area (Å²) >= 11 is 0. The molecule has 0 atom stereocenters. The summed E-state index contributed by atoms with van der Waals surface area (Å²) in [7, 11) is 1.18. The predicted molar refractivity (Wildman–Crippen MR) is 85.7 cm³/mol. The molecule has 0 aliphatic heterocycles. The van der Waals surface area contributed by atoms with Gasteiger partial charge in [-0.3, -0.25) is 14.9 Å². The second-order valence-electron chi connectivity index (χ2n) is 6.49. The molecule has 1 aromatic carbocycles. The Balaban J connectivity index is 3.84. The number of rotatable bonds is 5. The SMILES string of the molecule is COc1cc(C(=O)OC(C)C)c(C(=O)C(C)(C)C)c([N+](=O)[O-])c1O. The van der Waals surface area contributed by atoms with Crippen LogP contribution < -0.4 is 4.74 Å². The zero-order valence-electron chi connectivity index (χ0n) is 14.5. The fourth-order valence-corrected chi connectivity index (χ4v) is 2.01. The molecule has 132 valence electrons. The van der Waals surface area contributed by atoms with E-state index >= 15 is 0 Å². The molecule has 0 aromatic heterocycles. The molecule has 8 heteroatoms. The third kappa shape index (κ3) is 3.81. The lowest BCUT2D eigenvalue weighted by Gasteiger charge is -2.20. The maximum atomic E-state index is 12.7. The normalized spacial score (nSPS) is 11.3. The molecular weight excluding hydrogens is 318 g/mol. The van der Waals surface area contributed by atoms with E-state index in [-0.39, 0.29) is 11.3 Å². The van der Waals surface area contributed by atoms with Crippen molar-refractivity contribution >= 4 is 17.4 Å². The van der Waals surface area contributed by atoms with Gasteiger partial charge in [0, 0.05) is 5.41 Å². The molecule has 0 heterocycles. The fourth-order valence-electron chi connectivity index (χ4n) is 2.01. The summed E-state index contributed by atoms with van der Waals surface area (Å²) in [4.78, 5) is 35.5. The van der Waals surface area contributed by atoms with E-state index in [1.165, 1.54) is 7.11 Å². The largest absolute Gasteiger partial charge is 0.499 e. The van der Waals surface area contributed by atoms with E-state index in [0.717, 1.165) is 6.07 Å². The molecule has 1 aromatic rings. The lowest BCUT2D eigenvalue weighted by Crippen LogP contribution is -2.25. The molecule has 0 aliphatic carbocycles. The van der Waals surface area contributed by atoms with Crippen LogP contribution in [0.25, 0.3) is 0 Å². The van der Waals surface area contributed by atoms with Crippen molar-refractivity contribution < 1.29 is 29.1 Å². The van der Waals surface area contributed by atoms with Crippen LogP contribution in [0, 0.1) is 15.5 Å². The summed E-state index contributed by atoms with van der Waals surface area (Å²) < 4.78 is 9.94. The van der Waals surface area contributed by atoms with Gasteiger partial charge in [-0.15, -0.1) is 0 Å². The maximum absolute atomic E-state index is 12.7. The Morgan fingerprint density at radius 2 is 1.83 bits per heavy atom. The van der Waals surface area contributed by atoms with E-state index in [2.05, 4.69) is 0 Å². The maximum Gasteiger partial charge on any atom is 0.339 e. The van der Waals surface area contributed by atoms with Gasteiger partial charge in [-0.1, -0.05) is 20.8 Å². The number of phenolic OH excluding ortho intramolecular Hbond substituents is 1. The Hall–Kier alpha value is -2.64. The van der Waals surface area contributed by atoms with Crippen LogP contribution in [0.4, 0.5) is 5.69 Å². The van der Waals surface area contributed by atoms with Crippen LogP contribution in [0.15, 0.2) is 6.07 Å². The van der Waals surface area contributed by atoms with E-state index < -0.39 is 45.2 Å². The highest BCUT2D eigenvalue weighted by atomic mass is 16.6. The summed E-state index contributed by atoms with van der Waals surface area (Å²) in [5, 5.41) is 21.5. The second kappa shape index (κ2) is 6.86. The van der Waals surface area contributed by atoms with Crippen molar-refractivity contribution in [3.63, 3.8) is 0 Å². The average Bonchev–Trinajstić information content (AvgIpc) is 2.43. The Morgan fingerprint density at radius 3 is 2.21 bits per heavy atom. The minimum absolute atomic E-state index is 0.289. The van der Waals surface area contributed by atoms with Crippen LogP contribution in [0.5, 0.6) is 11.5 Å². The van der Waals surface area contributed by atoms with Gasteiger partial charge < -0.3 is 14.6 Å². The molecule has 0 aliphatic rings. The lowest BCUT2D eigenvalue weighted by molar-refractivity contribution is -0.386. The van der Waals surface area contributed by atoms with Crippen molar-refractivity contribution in [1.82, 2.24) is 0 Å². The number of nitro groups is 1. The van der Waals surface area contributed by atoms with Crippen molar-refractivity contribution in [2.24, 2.45) is 5.41 Å². The smallest absolute Gasteiger partial charge is 0.339 e. The molecular formula is C16H21NO7. The Kier molecular flexibility index (Phi) is 5.54. The molecule has 0 bridgehead atoms. The molecule has 0 radical (unpaired) electrons. The number of methoxy groups -OCH3 is 1. The first kappa shape index (κ1) is 19.4. The van der Waals surface area contributed by atoms with E-state index in [9.17, 15) is 24.8 Å². The number of esters is 1. The highest BCUT2D eigenvalue weighted by molar-refractivity contribution is 6.12. The third-order valence-electron chi connectivity index (χ3n) is 3.11. The Morgan fingerprint density at radius 1 is 1.29 bits per heavy atom. The van der Waals surface area contributed by atoms with Gasteiger partial charge in [0.25, 0.3) is 0 Å². The van der Waals surface area contributed by atoms with Crippen LogP contribution in [0.3, 0.4) is 0 Å². The standard InChI is InChI=1S/C16H21NO7/c1-8(2)24-15(20)9-7-10(23-6)13(18)12(17(21)22)11(9)14(19)16(3,4)5/h7-8,18H,1-6H3. The van der Waals surface area contributed by atoms with Crippen molar-refractivity contribution in [2.75, 3.05) is 7.11 Å². The molecule has 1 rings (SSSR count). The summed E-state index contributed by atoms with van der Waals surface area (Å²) in [5.74, 6) is -2.67. The highest BCUT2D eigenvalue weighted by Crippen LogP contribution is 2.43. The number of aromatic hydroxyl groups is 1. The number of nitrogens with zero attached hydrogens (tertiary/aromatic N) is 1. The van der Waals surface area contributed by atoms with Gasteiger partial charge in [-0.2, -0.15) is 0 Å². The van der Waals surface area contributed by atoms with Crippen molar-refractivity contribution in [3.8, 4) is 11.5 Å². The number of ether oxygens (including phenoxy) is 2. The number of carbonyl (C=O) groups is 2. The van der Waals surface area contributed by atoms with E-state index in [1.807, 2.05) is 0 Å². The van der Waals surface area contributed by atoms with Gasteiger partial charge in [0.05, 0.1) is 23.7 Å². The molecule has 24 heavy (non-hydrogen) atoms. The molecule has 0 unspecified atom stereocenters. The van der Waals surface area contributed by atoms with Gasteiger partial charge in [-0.05, 0) is 19.9 Å². The van der Waals surface area contributed by atoms with Gasteiger partial charge in [0.1, 0.15) is 5.56 Å². The summed E-state index contributed by atoms with van der Waals surface area (Å²) in [5.41, 5.74) is -2.69. The number of carbonyl (C=O) groups excluding carboxylic acids is 2. The fraction of sp³-hybridized carbons (Fsp3) is 0.500. The van der Waals surface area contributed by atoms with Gasteiger partial charge in [0.2, 0.25) is 5.75 Å². The highest BCUT2D eigenvalue weighted by Gasteiger charge is 2.38. The number of benzene rings is 1. The number of nitro benzene ring substituents is 1. The van der Waals surface area contributed by atoms with Gasteiger partial charge >= 0.3 is 11.7 Å². The number of phenols is 1. The number of Topliss-reactive ketones (excluding diaryl/α,β-unsaturated/α-hetero) is 1. The quantitative estimate of drug-likeness (QED) is 0.379. The van der Waals surface area contributed by atoms with Crippen LogP contribution in [0.1, 0.15) is 55.3 Å². The van der Waals surface area contributed by atoms with Gasteiger partial charge in [-0.25, -0.2) is 4.79 Å². The Labute approximate surface area is 139 Å². The molecule has 0 amide bonds. The molecule has 0 saturated heterocycles. The number of hydrogen-bond acceptors (Lipinski definition) is 7. The second-order valence-corrected chi connectivity index (χ2v) is 6.49. The molecule has 0 spiro atoms. The van der Waals surface area contributed by atoms with Crippen molar-refractivity contribution in [2.45, 2.75) is 40.7 Å². The first-order valence-electron chi connectivity index (χ1n) is 7.25. The minimum atomic E-state index is -1.02. The number of hydrogen-bond donors (Lipinski definition) is 1. The third-order valence-corrected chi connectivity index (χ3v) is 3.11. The number of ketones is 1. The lowest BCUT2D eigenvalue weighted by atomic mass is 9.83. The van der Waals surface area contributed by atoms with Crippen LogP contribution in [-0.2, 0) is 4.74 Å². The molecule has 1 N–H and O–H groups in total. The monoisotopic (exact) mass is 339 g/mol. The first-order valence-corrected chi connectivity index (χ1v) is 7.25. The Bertz CT molecular complexity index is 687. The molecule has 8 nitrogen and oxygen atoms in total. The summed E-state index contributed by atoms with van der Waals surface area (Å²) in [6.07, 6.45) is -0.492. The van der Waals surface area contributed by atoms with Crippen molar-refractivity contribution in [3.05, 3.63) is 27.3 Å².